The summed E-state index contributed by atoms with van der Waals surface area (Å²) in [5.74, 6) is -0.0276. The number of aromatic hydroxyl groups is 1. The van der Waals surface area contributed by atoms with E-state index in [-0.39, 0.29) is 47.0 Å². The lowest BCUT2D eigenvalue weighted by Crippen LogP contribution is -2.57. The highest BCUT2D eigenvalue weighted by molar-refractivity contribution is 5.91. The molecule has 2 heterocycles. The van der Waals surface area contributed by atoms with Gasteiger partial charge in [0.25, 0.3) is 5.91 Å². The number of phenolic OH excluding ortho intramolecular Hbond substituents is 1. The normalized spacial score (nSPS) is 20.1. The number of anilines is 1. The van der Waals surface area contributed by atoms with Gasteiger partial charge in [-0.1, -0.05) is 0 Å². The maximum atomic E-state index is 12.3. The topological polar surface area (TPSA) is 155 Å². The molecule has 1 saturated heterocycles. The number of likely N-dealkylation sites (tertiary alicyclic amines) is 1. The molecule has 0 bridgehead atoms. The van der Waals surface area contributed by atoms with Gasteiger partial charge in [0.15, 0.2) is 18.7 Å². The van der Waals surface area contributed by atoms with E-state index in [1.54, 1.807) is 6.07 Å². The van der Waals surface area contributed by atoms with Crippen LogP contribution in [0.5, 0.6) is 17.2 Å². The molecule has 188 valence electrons. The van der Waals surface area contributed by atoms with Crippen molar-refractivity contribution in [3.05, 3.63) is 29.5 Å². The van der Waals surface area contributed by atoms with Crippen LogP contribution in [0.3, 0.4) is 0 Å². The third kappa shape index (κ3) is 6.01. The van der Waals surface area contributed by atoms with Gasteiger partial charge < -0.3 is 34.9 Å². The number of carbonyl (C=O) groups is 3. The Morgan fingerprint density at radius 1 is 1.29 bits per heavy atom. The molecular formula is C23H29N5O7. The largest absolute Gasteiger partial charge is 0.507 e. The summed E-state index contributed by atoms with van der Waals surface area (Å²) in [4.78, 5) is 37.7. The number of alkyl carbamates (subject to hydrolysis) is 1. The van der Waals surface area contributed by atoms with Gasteiger partial charge in [-0.15, -0.1) is 0 Å². The molecule has 0 unspecified atom stereocenters. The highest BCUT2D eigenvalue weighted by Crippen LogP contribution is 2.36. The van der Waals surface area contributed by atoms with E-state index in [1.807, 2.05) is 7.05 Å². The molecule has 4 N–H and O–H groups in total. The standard InChI is InChI=1S/C23H29N5O7/c1-28-9-14(10-28)24-23(32)35-15-4-3-13(5-15)18-8-21(27-26-18)25-22(31)12-34-20-7-16(33-2)6-19(30)17(20)11-29/h6-8,11,13-15,30H,3-5,9-10,12H2,1-2H3,(H,24,32)(H2,25,26,27,31)/t13-,15+/m0/s1. The Bertz CT molecular complexity index is 1080. The average Bonchev–Trinajstić information content (AvgIpc) is 3.45. The summed E-state index contributed by atoms with van der Waals surface area (Å²) in [6.07, 6.45) is 2.15. The van der Waals surface area contributed by atoms with Gasteiger partial charge in [-0.2, -0.15) is 5.10 Å². The van der Waals surface area contributed by atoms with Crippen molar-refractivity contribution < 1.29 is 33.7 Å². The number of rotatable bonds is 9. The van der Waals surface area contributed by atoms with Crippen molar-refractivity contribution in [2.45, 2.75) is 37.3 Å². The predicted molar refractivity (Wildman–Crippen MR) is 124 cm³/mol. The molecule has 0 radical (unpaired) electrons. The van der Waals surface area contributed by atoms with Crippen molar-refractivity contribution in [1.29, 1.82) is 0 Å². The van der Waals surface area contributed by atoms with Crippen LogP contribution < -0.4 is 20.1 Å². The van der Waals surface area contributed by atoms with E-state index in [2.05, 4.69) is 25.7 Å². The van der Waals surface area contributed by atoms with Crippen LogP contribution in [0, 0.1) is 0 Å². The van der Waals surface area contributed by atoms with Crippen LogP contribution in [0.4, 0.5) is 10.6 Å². The number of phenols is 1. The minimum Gasteiger partial charge on any atom is -0.507 e. The van der Waals surface area contributed by atoms with Crippen LogP contribution in [-0.4, -0.2) is 84.5 Å². The number of aldehydes is 1. The molecule has 12 heteroatoms. The first-order chi connectivity index (χ1) is 16.8. The molecule has 4 rings (SSSR count). The Labute approximate surface area is 201 Å². The summed E-state index contributed by atoms with van der Waals surface area (Å²) in [6, 6.07) is 4.57. The van der Waals surface area contributed by atoms with Gasteiger partial charge in [-0.25, -0.2) is 4.79 Å². The van der Waals surface area contributed by atoms with E-state index in [9.17, 15) is 19.5 Å². The molecule has 1 saturated carbocycles. The van der Waals surface area contributed by atoms with E-state index in [1.165, 1.54) is 19.2 Å². The molecule has 12 nitrogen and oxygen atoms in total. The van der Waals surface area contributed by atoms with E-state index >= 15 is 0 Å². The second-order valence-electron chi connectivity index (χ2n) is 8.82. The first kappa shape index (κ1) is 24.3. The highest BCUT2D eigenvalue weighted by atomic mass is 16.6. The number of aromatic amines is 1. The van der Waals surface area contributed by atoms with Crippen LogP contribution in [-0.2, 0) is 9.53 Å². The second-order valence-corrected chi connectivity index (χ2v) is 8.82. The SMILES string of the molecule is COc1cc(O)c(C=O)c(OCC(=O)Nc2cc([C@H]3CC[C@@H](OC(=O)NC4CN(C)C4)C3)[nH]n2)c1. The molecule has 35 heavy (non-hydrogen) atoms. The van der Waals surface area contributed by atoms with Crippen LogP contribution in [0.25, 0.3) is 0 Å². The maximum Gasteiger partial charge on any atom is 0.407 e. The lowest BCUT2D eigenvalue weighted by atomic mass is 10.0. The van der Waals surface area contributed by atoms with Crippen molar-refractivity contribution in [2.75, 3.05) is 39.2 Å². The number of nitrogens with one attached hydrogen (secondary N) is 3. The highest BCUT2D eigenvalue weighted by Gasteiger charge is 2.31. The molecule has 2 fully saturated rings. The number of carbonyl (C=O) groups excluding carboxylic acids is 3. The summed E-state index contributed by atoms with van der Waals surface area (Å²) in [5, 5.41) is 22.5. The number of hydrogen-bond acceptors (Lipinski definition) is 9. The molecule has 1 aromatic heterocycles. The average molecular weight is 488 g/mol. The third-order valence-corrected chi connectivity index (χ3v) is 6.16. The smallest absolute Gasteiger partial charge is 0.407 e. The zero-order valence-corrected chi connectivity index (χ0v) is 19.6. The number of H-pyrrole nitrogens is 1. The van der Waals surface area contributed by atoms with Crippen molar-refractivity contribution in [2.24, 2.45) is 0 Å². The third-order valence-electron chi connectivity index (χ3n) is 6.16. The quantitative estimate of drug-likeness (QED) is 0.386. The fourth-order valence-corrected chi connectivity index (χ4v) is 4.35. The van der Waals surface area contributed by atoms with Crippen molar-refractivity contribution >= 4 is 24.1 Å². The minimum absolute atomic E-state index is 0.0279. The zero-order chi connectivity index (χ0) is 24.9. The van der Waals surface area contributed by atoms with Gasteiger partial charge in [0.1, 0.15) is 23.4 Å². The lowest BCUT2D eigenvalue weighted by molar-refractivity contribution is -0.118. The Morgan fingerprint density at radius 3 is 2.80 bits per heavy atom. The first-order valence-electron chi connectivity index (χ1n) is 11.3. The van der Waals surface area contributed by atoms with E-state index in [0.717, 1.165) is 31.6 Å². The zero-order valence-electron chi connectivity index (χ0n) is 19.6. The molecule has 2 aromatic rings. The molecule has 1 aromatic carbocycles. The van der Waals surface area contributed by atoms with Crippen LogP contribution >= 0.6 is 0 Å². The number of benzene rings is 1. The predicted octanol–water partition coefficient (Wildman–Crippen LogP) is 1.63. The van der Waals surface area contributed by atoms with Gasteiger partial charge >= 0.3 is 6.09 Å². The van der Waals surface area contributed by atoms with E-state index in [0.29, 0.717) is 18.5 Å². The van der Waals surface area contributed by atoms with E-state index < -0.39 is 12.5 Å². The molecule has 2 aliphatic rings. The van der Waals surface area contributed by atoms with Crippen molar-refractivity contribution in [3.8, 4) is 17.2 Å². The molecule has 0 spiro atoms. The molecule has 1 aliphatic heterocycles. The Morgan fingerprint density at radius 2 is 2.09 bits per heavy atom. The first-order valence-corrected chi connectivity index (χ1v) is 11.3. The van der Waals surface area contributed by atoms with Gasteiger partial charge in [0, 0.05) is 42.9 Å². The van der Waals surface area contributed by atoms with Gasteiger partial charge in [-0.3, -0.25) is 14.7 Å². The summed E-state index contributed by atoms with van der Waals surface area (Å²) in [6.45, 7) is 1.26. The number of nitrogens with zero attached hydrogens (tertiary/aromatic N) is 2. The molecular weight excluding hydrogens is 458 g/mol. The number of methoxy groups -OCH3 is 1. The fourth-order valence-electron chi connectivity index (χ4n) is 4.35. The molecule has 1 aliphatic carbocycles. The molecule has 2 atom stereocenters. The summed E-state index contributed by atoms with van der Waals surface area (Å²) >= 11 is 0. The van der Waals surface area contributed by atoms with Crippen molar-refractivity contribution in [3.63, 3.8) is 0 Å². The summed E-state index contributed by atoms with van der Waals surface area (Å²) in [7, 11) is 3.40. The summed E-state index contributed by atoms with van der Waals surface area (Å²) in [5.41, 5.74) is 0.765. The second kappa shape index (κ2) is 10.6. The lowest BCUT2D eigenvalue weighted by Gasteiger charge is -2.36. The maximum absolute atomic E-state index is 12.3. The minimum atomic E-state index is -0.492. The number of aromatic nitrogens is 2. The number of ether oxygens (including phenoxy) is 3. The monoisotopic (exact) mass is 487 g/mol. The fraction of sp³-hybridized carbons (Fsp3) is 0.478. The number of likely N-dealkylation sites (N-methyl/N-ethyl adjacent to an activating group) is 1. The van der Waals surface area contributed by atoms with Crippen LogP contribution in [0.1, 0.15) is 41.2 Å². The molecule has 2 amide bonds. The van der Waals surface area contributed by atoms with Gasteiger partial charge in [0.2, 0.25) is 0 Å². The Balaban J connectivity index is 1.25. The van der Waals surface area contributed by atoms with Gasteiger partial charge in [0.05, 0.1) is 18.7 Å². The van der Waals surface area contributed by atoms with Crippen molar-refractivity contribution in [1.82, 2.24) is 20.4 Å². The van der Waals surface area contributed by atoms with Gasteiger partial charge in [-0.05, 0) is 26.3 Å². The number of amides is 2. The van der Waals surface area contributed by atoms with Crippen LogP contribution in [0.15, 0.2) is 18.2 Å². The van der Waals surface area contributed by atoms with Crippen LogP contribution in [0.2, 0.25) is 0 Å². The Kier molecular flexibility index (Phi) is 7.39. The number of hydrogen-bond donors (Lipinski definition) is 4. The summed E-state index contributed by atoms with van der Waals surface area (Å²) < 4.78 is 16.0. The Hall–Kier alpha value is -3.80. The van der Waals surface area contributed by atoms with E-state index in [4.69, 9.17) is 14.2 Å².